The van der Waals surface area contributed by atoms with Gasteiger partial charge in [0.15, 0.2) is 0 Å². The lowest BCUT2D eigenvalue weighted by Gasteiger charge is -2.30. The number of aliphatic imine (C=N–C) groups is 2. The van der Waals surface area contributed by atoms with Crippen molar-refractivity contribution >= 4 is 12.2 Å². The smallest absolute Gasteiger partial charge is 0.211 e. The summed E-state index contributed by atoms with van der Waals surface area (Å²) in [5.74, 6) is 0. The summed E-state index contributed by atoms with van der Waals surface area (Å²) < 4.78 is 0. The van der Waals surface area contributed by atoms with E-state index in [1.807, 2.05) is 19.9 Å². The predicted octanol–water partition coefficient (Wildman–Crippen LogP) is 1.69. The highest BCUT2D eigenvalue weighted by molar-refractivity contribution is 5.46. The summed E-state index contributed by atoms with van der Waals surface area (Å²) in [6.45, 7) is 5.49. The van der Waals surface area contributed by atoms with E-state index >= 15 is 0 Å². The molecule has 4 nitrogen and oxygen atoms in total. The number of hydrogen-bond donors (Lipinski definition) is 0. The van der Waals surface area contributed by atoms with E-state index in [1.165, 1.54) is 12.2 Å². The SMILES string of the molecule is CC1=CC(C)(N=C=O)C(N=C=O)C(C)=C1. The average Bonchev–Trinajstić information content (AvgIpc) is 2.11. The third kappa shape index (κ3) is 2.18. The monoisotopic (exact) mass is 204 g/mol. The molecule has 0 amide bonds. The number of hydrogen-bond acceptors (Lipinski definition) is 4. The van der Waals surface area contributed by atoms with Crippen LogP contribution in [0.15, 0.2) is 33.3 Å². The van der Waals surface area contributed by atoms with Crippen molar-refractivity contribution in [2.24, 2.45) is 9.98 Å². The highest BCUT2D eigenvalue weighted by Crippen LogP contribution is 2.31. The Morgan fingerprint density at radius 1 is 1.33 bits per heavy atom. The highest BCUT2D eigenvalue weighted by Gasteiger charge is 2.35. The van der Waals surface area contributed by atoms with Crippen LogP contribution in [0.2, 0.25) is 0 Å². The molecule has 2 unspecified atom stereocenters. The minimum Gasteiger partial charge on any atom is -0.211 e. The molecule has 1 aliphatic carbocycles. The predicted molar refractivity (Wildman–Crippen MR) is 56.0 cm³/mol. The van der Waals surface area contributed by atoms with Crippen LogP contribution >= 0.6 is 0 Å². The Kier molecular flexibility index (Phi) is 3.15. The number of isocyanates is 2. The Bertz CT molecular complexity index is 424. The van der Waals surface area contributed by atoms with Gasteiger partial charge in [-0.25, -0.2) is 9.59 Å². The van der Waals surface area contributed by atoms with Crippen LogP contribution < -0.4 is 0 Å². The van der Waals surface area contributed by atoms with E-state index in [0.29, 0.717) is 0 Å². The summed E-state index contributed by atoms with van der Waals surface area (Å²) >= 11 is 0. The van der Waals surface area contributed by atoms with Crippen LogP contribution in [0.25, 0.3) is 0 Å². The van der Waals surface area contributed by atoms with E-state index in [2.05, 4.69) is 9.98 Å². The van der Waals surface area contributed by atoms with Crippen molar-refractivity contribution in [3.05, 3.63) is 23.3 Å². The van der Waals surface area contributed by atoms with Gasteiger partial charge in [-0.05, 0) is 26.3 Å². The summed E-state index contributed by atoms with van der Waals surface area (Å²) in [7, 11) is 0. The van der Waals surface area contributed by atoms with Crippen LogP contribution in [-0.2, 0) is 9.59 Å². The number of nitrogens with zero attached hydrogens (tertiary/aromatic N) is 2. The summed E-state index contributed by atoms with van der Waals surface area (Å²) in [6.07, 6.45) is 6.74. The first-order valence-corrected chi connectivity index (χ1v) is 4.57. The molecule has 0 bridgehead atoms. The molecule has 0 spiro atoms. The summed E-state index contributed by atoms with van der Waals surface area (Å²) in [4.78, 5) is 28.1. The summed E-state index contributed by atoms with van der Waals surface area (Å²) in [6, 6.07) is -0.458. The molecule has 0 heterocycles. The van der Waals surface area contributed by atoms with E-state index < -0.39 is 11.6 Å². The van der Waals surface area contributed by atoms with Crippen LogP contribution in [0.1, 0.15) is 20.8 Å². The van der Waals surface area contributed by atoms with E-state index in [9.17, 15) is 9.59 Å². The number of carbonyl (C=O) groups excluding carboxylic acids is 2. The standard InChI is InChI=1S/C11H12N2O2/c1-8-4-9(2)10(12-6-14)11(3,5-8)13-7-15/h4-5,10H,1-3H3. The maximum absolute atomic E-state index is 10.4. The van der Waals surface area contributed by atoms with Gasteiger partial charge >= 0.3 is 0 Å². The van der Waals surface area contributed by atoms with Crippen molar-refractivity contribution in [3.8, 4) is 0 Å². The minimum atomic E-state index is -0.817. The molecular formula is C11H12N2O2. The molecule has 4 heteroatoms. The Balaban J connectivity index is 3.29. The van der Waals surface area contributed by atoms with Crippen LogP contribution in [-0.4, -0.2) is 23.7 Å². The molecule has 0 saturated carbocycles. The van der Waals surface area contributed by atoms with Gasteiger partial charge in [-0.1, -0.05) is 17.7 Å². The maximum atomic E-state index is 10.4. The fourth-order valence-corrected chi connectivity index (χ4v) is 1.96. The van der Waals surface area contributed by atoms with Gasteiger partial charge in [0.25, 0.3) is 0 Å². The molecule has 0 radical (unpaired) electrons. The van der Waals surface area contributed by atoms with Crippen molar-refractivity contribution in [1.82, 2.24) is 0 Å². The lowest BCUT2D eigenvalue weighted by molar-refractivity contribution is 0.479. The van der Waals surface area contributed by atoms with E-state index in [-0.39, 0.29) is 0 Å². The maximum Gasteiger partial charge on any atom is 0.235 e. The fraction of sp³-hybridized carbons (Fsp3) is 0.455. The van der Waals surface area contributed by atoms with E-state index in [4.69, 9.17) is 0 Å². The van der Waals surface area contributed by atoms with Gasteiger partial charge in [-0.15, -0.1) is 0 Å². The quantitative estimate of drug-likeness (QED) is 0.507. The Morgan fingerprint density at radius 3 is 2.53 bits per heavy atom. The Hall–Kier alpha value is -1.76. The highest BCUT2D eigenvalue weighted by atomic mass is 16.1. The first-order chi connectivity index (χ1) is 7.03. The third-order valence-corrected chi connectivity index (χ3v) is 2.43. The molecule has 15 heavy (non-hydrogen) atoms. The molecule has 78 valence electrons. The molecule has 0 fully saturated rings. The number of rotatable bonds is 2. The largest absolute Gasteiger partial charge is 0.235 e. The Labute approximate surface area is 88.1 Å². The van der Waals surface area contributed by atoms with Crippen LogP contribution in [0.4, 0.5) is 0 Å². The zero-order chi connectivity index (χ0) is 11.5. The molecule has 0 aromatic carbocycles. The van der Waals surface area contributed by atoms with Crippen molar-refractivity contribution in [1.29, 1.82) is 0 Å². The fourth-order valence-electron chi connectivity index (χ4n) is 1.96. The van der Waals surface area contributed by atoms with Gasteiger partial charge in [0.05, 0.1) is 0 Å². The topological polar surface area (TPSA) is 58.9 Å². The molecule has 2 atom stereocenters. The average molecular weight is 204 g/mol. The third-order valence-electron chi connectivity index (χ3n) is 2.43. The van der Waals surface area contributed by atoms with Gasteiger partial charge in [-0.3, -0.25) is 0 Å². The zero-order valence-electron chi connectivity index (χ0n) is 8.94. The van der Waals surface area contributed by atoms with Crippen LogP contribution in [0.3, 0.4) is 0 Å². The molecule has 1 aliphatic rings. The Morgan fingerprint density at radius 2 is 2.00 bits per heavy atom. The lowest BCUT2D eigenvalue weighted by Crippen LogP contribution is -2.37. The van der Waals surface area contributed by atoms with E-state index in [1.54, 1.807) is 13.0 Å². The molecule has 0 saturated heterocycles. The summed E-state index contributed by atoms with van der Waals surface area (Å²) in [5, 5.41) is 0. The second-order valence-electron chi connectivity index (χ2n) is 3.83. The zero-order valence-corrected chi connectivity index (χ0v) is 8.94. The molecule has 1 rings (SSSR count). The van der Waals surface area contributed by atoms with Gasteiger partial charge in [0.2, 0.25) is 12.2 Å². The summed E-state index contributed by atoms with van der Waals surface area (Å²) in [5.41, 5.74) is 1.06. The normalized spacial score (nSPS) is 29.4. The van der Waals surface area contributed by atoms with Gasteiger partial charge in [0.1, 0.15) is 11.6 Å². The van der Waals surface area contributed by atoms with Gasteiger partial charge in [-0.2, -0.15) is 9.98 Å². The van der Waals surface area contributed by atoms with Gasteiger partial charge in [0, 0.05) is 0 Å². The van der Waals surface area contributed by atoms with E-state index in [0.717, 1.165) is 11.1 Å². The first-order valence-electron chi connectivity index (χ1n) is 4.57. The van der Waals surface area contributed by atoms with Gasteiger partial charge < -0.3 is 0 Å². The van der Waals surface area contributed by atoms with Crippen molar-refractivity contribution in [2.75, 3.05) is 0 Å². The first kappa shape index (κ1) is 11.3. The van der Waals surface area contributed by atoms with Crippen LogP contribution in [0, 0.1) is 0 Å². The van der Waals surface area contributed by atoms with Crippen molar-refractivity contribution < 1.29 is 9.59 Å². The molecular weight excluding hydrogens is 192 g/mol. The molecule has 0 aromatic heterocycles. The second-order valence-corrected chi connectivity index (χ2v) is 3.83. The molecule has 0 N–H and O–H groups in total. The van der Waals surface area contributed by atoms with Crippen molar-refractivity contribution in [2.45, 2.75) is 32.4 Å². The molecule has 0 aliphatic heterocycles. The van der Waals surface area contributed by atoms with Crippen LogP contribution in [0.5, 0.6) is 0 Å². The number of allylic oxidation sites excluding steroid dienone is 2. The molecule has 0 aromatic rings. The minimum absolute atomic E-state index is 0.458. The van der Waals surface area contributed by atoms with Crippen molar-refractivity contribution in [3.63, 3.8) is 0 Å². The lowest BCUT2D eigenvalue weighted by atomic mass is 9.82. The second kappa shape index (κ2) is 4.18.